The third-order valence-electron chi connectivity index (χ3n) is 2.50. The van der Waals surface area contributed by atoms with Gasteiger partial charge in [0.25, 0.3) is 6.43 Å². The van der Waals surface area contributed by atoms with Crippen LogP contribution in [0.25, 0.3) is 0 Å². The maximum absolute atomic E-state index is 12.4. The lowest BCUT2D eigenvalue weighted by Gasteiger charge is -2.22. The van der Waals surface area contributed by atoms with Gasteiger partial charge >= 0.3 is 6.18 Å². The molecule has 2 atom stereocenters. The predicted molar refractivity (Wildman–Crippen MR) is 59.9 cm³/mol. The van der Waals surface area contributed by atoms with E-state index in [9.17, 15) is 22.0 Å². The number of nitrogens with one attached hydrogen (secondary N) is 1. The van der Waals surface area contributed by atoms with Crippen LogP contribution in [0.2, 0.25) is 0 Å². The third-order valence-corrected chi connectivity index (χ3v) is 2.50. The summed E-state index contributed by atoms with van der Waals surface area (Å²) in [5.41, 5.74) is 0.335. The molecule has 0 aromatic heterocycles. The summed E-state index contributed by atoms with van der Waals surface area (Å²) in [5.74, 6) is 0. The summed E-state index contributed by atoms with van der Waals surface area (Å²) in [7, 11) is 0. The fourth-order valence-electron chi connectivity index (χ4n) is 1.58. The summed E-state index contributed by atoms with van der Waals surface area (Å²) in [6.07, 6.45) is -10.6. The van der Waals surface area contributed by atoms with E-state index in [1.165, 1.54) is 12.1 Å². The van der Waals surface area contributed by atoms with E-state index in [0.717, 1.165) is 0 Å². The Labute approximate surface area is 107 Å². The van der Waals surface area contributed by atoms with Crippen LogP contribution < -0.4 is 5.32 Å². The summed E-state index contributed by atoms with van der Waals surface area (Å²) in [6.45, 7) is -0.604. The fraction of sp³-hybridized carbons (Fsp3) is 0.500. The molecule has 1 rings (SSSR count). The Morgan fingerprint density at radius 3 is 2.16 bits per heavy atom. The third kappa shape index (κ3) is 5.98. The zero-order valence-electron chi connectivity index (χ0n) is 9.87. The smallest absolute Gasteiger partial charge is 0.386 e. The molecule has 1 aromatic rings. The zero-order valence-corrected chi connectivity index (χ0v) is 9.87. The average molecular weight is 283 g/mol. The van der Waals surface area contributed by atoms with Crippen molar-refractivity contribution < 1.29 is 27.1 Å². The first-order chi connectivity index (χ1) is 8.79. The van der Waals surface area contributed by atoms with E-state index < -0.39 is 37.7 Å². The largest absolute Gasteiger partial charge is 0.390 e. The normalized spacial score (nSPS) is 15.5. The molecule has 0 saturated heterocycles. The molecule has 7 heteroatoms. The second-order valence-corrected chi connectivity index (χ2v) is 4.09. The maximum atomic E-state index is 12.4. The van der Waals surface area contributed by atoms with Gasteiger partial charge in [-0.05, 0) is 5.56 Å². The Hall–Kier alpha value is -1.21. The van der Waals surface area contributed by atoms with Gasteiger partial charge < -0.3 is 10.4 Å². The van der Waals surface area contributed by atoms with Crippen LogP contribution in [-0.4, -0.2) is 30.4 Å². The van der Waals surface area contributed by atoms with E-state index in [1.807, 2.05) is 0 Å². The lowest BCUT2D eigenvalue weighted by Crippen LogP contribution is -2.36. The molecule has 0 bridgehead atoms. The van der Waals surface area contributed by atoms with Gasteiger partial charge in [0, 0.05) is 12.6 Å². The summed E-state index contributed by atoms with van der Waals surface area (Å²) < 4.78 is 61.5. The minimum atomic E-state index is -4.43. The molecular weight excluding hydrogens is 269 g/mol. The van der Waals surface area contributed by atoms with Crippen LogP contribution in [0.5, 0.6) is 0 Å². The van der Waals surface area contributed by atoms with Gasteiger partial charge in [-0.2, -0.15) is 13.2 Å². The van der Waals surface area contributed by atoms with Crippen LogP contribution in [0.1, 0.15) is 18.0 Å². The van der Waals surface area contributed by atoms with E-state index in [-0.39, 0.29) is 0 Å². The Kier molecular flexibility index (Phi) is 5.68. The minimum absolute atomic E-state index is 0.335. The highest BCUT2D eigenvalue weighted by molar-refractivity contribution is 5.19. The number of aliphatic hydroxyl groups is 1. The van der Waals surface area contributed by atoms with Gasteiger partial charge in [0.05, 0.1) is 6.42 Å². The Bertz CT molecular complexity index is 368. The fourth-order valence-corrected chi connectivity index (χ4v) is 1.58. The van der Waals surface area contributed by atoms with Crippen molar-refractivity contribution >= 4 is 0 Å². The van der Waals surface area contributed by atoms with Crippen LogP contribution in [0.15, 0.2) is 30.3 Å². The molecule has 2 N–H and O–H groups in total. The molecule has 0 amide bonds. The summed E-state index contributed by atoms with van der Waals surface area (Å²) in [4.78, 5) is 0. The van der Waals surface area contributed by atoms with Crippen LogP contribution in [0.3, 0.4) is 0 Å². The van der Waals surface area contributed by atoms with E-state index in [0.29, 0.717) is 5.56 Å². The molecule has 2 unspecified atom stereocenters. The van der Waals surface area contributed by atoms with Crippen molar-refractivity contribution in [1.29, 1.82) is 0 Å². The molecule has 19 heavy (non-hydrogen) atoms. The van der Waals surface area contributed by atoms with E-state index in [4.69, 9.17) is 5.11 Å². The topological polar surface area (TPSA) is 32.3 Å². The molecule has 0 aliphatic carbocycles. The molecular formula is C12H14F5NO. The SMILES string of the molecule is OC(CNC(CC(F)(F)F)c1ccccc1)C(F)F. The lowest BCUT2D eigenvalue weighted by atomic mass is 10.0. The first kappa shape index (κ1) is 15.8. The number of aliphatic hydroxyl groups excluding tert-OH is 1. The highest BCUT2D eigenvalue weighted by atomic mass is 19.4. The first-order valence-electron chi connectivity index (χ1n) is 5.61. The standard InChI is InChI=1S/C12H14F5NO/c13-11(14)10(19)7-18-9(6-12(15,16)17)8-4-2-1-3-5-8/h1-5,9-11,18-19H,6-7H2. The van der Waals surface area contributed by atoms with Gasteiger partial charge in [-0.15, -0.1) is 0 Å². The number of hydrogen-bond donors (Lipinski definition) is 2. The molecule has 0 fully saturated rings. The highest BCUT2D eigenvalue weighted by Crippen LogP contribution is 2.29. The summed E-state index contributed by atoms with van der Waals surface area (Å²) in [6, 6.07) is 6.54. The average Bonchev–Trinajstić information content (AvgIpc) is 2.33. The van der Waals surface area contributed by atoms with Gasteiger partial charge in [-0.25, -0.2) is 8.78 Å². The van der Waals surface area contributed by atoms with Crippen molar-refractivity contribution in [1.82, 2.24) is 5.32 Å². The van der Waals surface area contributed by atoms with Crippen LogP contribution >= 0.6 is 0 Å². The van der Waals surface area contributed by atoms with Crippen molar-refractivity contribution in [3.05, 3.63) is 35.9 Å². The number of benzene rings is 1. The van der Waals surface area contributed by atoms with Crippen molar-refractivity contribution in [2.45, 2.75) is 31.2 Å². The molecule has 2 nitrogen and oxygen atoms in total. The number of halogens is 5. The number of alkyl halides is 5. The molecule has 0 spiro atoms. The number of rotatable bonds is 6. The molecule has 0 saturated carbocycles. The van der Waals surface area contributed by atoms with E-state index in [2.05, 4.69) is 5.32 Å². The number of hydrogen-bond acceptors (Lipinski definition) is 2. The van der Waals surface area contributed by atoms with Crippen molar-refractivity contribution in [2.24, 2.45) is 0 Å². The Balaban J connectivity index is 2.71. The maximum Gasteiger partial charge on any atom is 0.390 e. The highest BCUT2D eigenvalue weighted by Gasteiger charge is 2.33. The Morgan fingerprint density at radius 1 is 1.11 bits per heavy atom. The van der Waals surface area contributed by atoms with E-state index in [1.54, 1.807) is 18.2 Å². The molecule has 0 heterocycles. The van der Waals surface area contributed by atoms with Gasteiger partial charge in [0.2, 0.25) is 0 Å². The monoisotopic (exact) mass is 283 g/mol. The molecule has 108 valence electrons. The predicted octanol–water partition coefficient (Wildman–Crippen LogP) is 2.90. The zero-order chi connectivity index (χ0) is 14.5. The molecule has 0 aliphatic rings. The second kappa shape index (κ2) is 6.81. The summed E-state index contributed by atoms with van der Waals surface area (Å²) >= 11 is 0. The van der Waals surface area contributed by atoms with Crippen molar-refractivity contribution in [3.63, 3.8) is 0 Å². The Morgan fingerprint density at radius 2 is 1.68 bits per heavy atom. The van der Waals surface area contributed by atoms with Crippen molar-refractivity contribution in [3.8, 4) is 0 Å². The summed E-state index contributed by atoms with van der Waals surface area (Å²) in [5, 5.41) is 11.3. The molecule has 0 radical (unpaired) electrons. The van der Waals surface area contributed by atoms with Crippen LogP contribution in [-0.2, 0) is 0 Å². The quantitative estimate of drug-likeness (QED) is 0.787. The van der Waals surface area contributed by atoms with Gasteiger partial charge in [-0.3, -0.25) is 0 Å². The van der Waals surface area contributed by atoms with Gasteiger partial charge in [0.1, 0.15) is 6.10 Å². The van der Waals surface area contributed by atoms with Gasteiger partial charge in [-0.1, -0.05) is 30.3 Å². The minimum Gasteiger partial charge on any atom is -0.386 e. The van der Waals surface area contributed by atoms with Gasteiger partial charge in [0.15, 0.2) is 0 Å². The van der Waals surface area contributed by atoms with Crippen LogP contribution in [0.4, 0.5) is 22.0 Å². The van der Waals surface area contributed by atoms with E-state index >= 15 is 0 Å². The second-order valence-electron chi connectivity index (χ2n) is 4.09. The lowest BCUT2D eigenvalue weighted by molar-refractivity contribution is -0.141. The van der Waals surface area contributed by atoms with Crippen LogP contribution in [0, 0.1) is 0 Å². The molecule has 1 aromatic carbocycles. The molecule has 0 aliphatic heterocycles. The first-order valence-corrected chi connectivity index (χ1v) is 5.61. The van der Waals surface area contributed by atoms with Crippen molar-refractivity contribution in [2.75, 3.05) is 6.54 Å².